The topological polar surface area (TPSA) is 88.5 Å². The van der Waals surface area contributed by atoms with Crippen LogP contribution in [-0.2, 0) is 19.2 Å². The maximum atomic E-state index is 11.0. The molecule has 0 aliphatic rings. The molecule has 6 heteroatoms. The van der Waals surface area contributed by atoms with E-state index in [-0.39, 0.29) is 40.8 Å². The average Bonchev–Trinajstić information content (AvgIpc) is 1.82. The summed E-state index contributed by atoms with van der Waals surface area (Å²) in [6.45, 7) is 2.74. The Morgan fingerprint density at radius 2 is 1.07 bits per heavy atom. The average molecular weight is 330 g/mol. The Hall–Kier alpha value is -0.169. The summed E-state index contributed by atoms with van der Waals surface area (Å²) in [5, 5.41) is 8.67. The van der Waals surface area contributed by atoms with E-state index < -0.39 is 28.7 Å². The molecule has 76 valence electrons. The van der Waals surface area contributed by atoms with Crippen LogP contribution in [0.3, 0.4) is 0 Å². The summed E-state index contributed by atoms with van der Waals surface area (Å²) >= 11 is 0. The summed E-state index contributed by atoms with van der Waals surface area (Å²) in [4.78, 5) is 43.6. The van der Waals surface area contributed by atoms with Gasteiger partial charge in [-0.3, -0.25) is 19.2 Å². The quantitative estimate of drug-likeness (QED) is 0.723. The number of aliphatic carboxylic acids is 1. The van der Waals surface area contributed by atoms with E-state index >= 15 is 0 Å². The Morgan fingerprint density at radius 1 is 0.857 bits per heavy atom. The molecular weight excluding hydrogens is 320 g/mol. The van der Waals surface area contributed by atoms with Crippen molar-refractivity contribution in [1.82, 2.24) is 0 Å². The first-order valence-corrected chi connectivity index (χ1v) is 3.54. The first-order chi connectivity index (χ1) is 5.77. The Balaban J connectivity index is 0. The molecule has 0 bridgehead atoms. The SMILES string of the molecule is CC(=O)C(C(C)=O)(C(C)=O)C(=O)O.[Nd]. The predicted octanol–water partition coefficient (Wildman–Crippen LogP) is -0.176. The maximum absolute atomic E-state index is 11.0. The molecule has 0 unspecified atom stereocenters. The molecule has 0 aromatic heterocycles. The number of carboxylic acids is 1. The van der Waals surface area contributed by atoms with E-state index in [9.17, 15) is 19.2 Å². The van der Waals surface area contributed by atoms with E-state index in [1.165, 1.54) is 0 Å². The fraction of sp³-hybridized carbons (Fsp3) is 0.500. The Labute approximate surface area is 114 Å². The van der Waals surface area contributed by atoms with Crippen LogP contribution >= 0.6 is 0 Å². The normalized spacial score (nSPS) is 9.93. The van der Waals surface area contributed by atoms with Gasteiger partial charge in [-0.05, 0) is 20.8 Å². The van der Waals surface area contributed by atoms with Gasteiger partial charge < -0.3 is 5.11 Å². The van der Waals surface area contributed by atoms with Crippen molar-refractivity contribution in [2.45, 2.75) is 20.8 Å². The fourth-order valence-electron chi connectivity index (χ4n) is 1.20. The smallest absolute Gasteiger partial charge is 0.332 e. The van der Waals surface area contributed by atoms with Gasteiger partial charge in [0.05, 0.1) is 0 Å². The summed E-state index contributed by atoms with van der Waals surface area (Å²) in [7, 11) is 0. The van der Waals surface area contributed by atoms with Crippen LogP contribution in [0, 0.1) is 46.3 Å². The zero-order chi connectivity index (χ0) is 10.8. The molecule has 0 radical (unpaired) electrons. The number of ketones is 3. The Bertz CT molecular complexity index is 233. The van der Waals surface area contributed by atoms with Gasteiger partial charge in [-0.15, -0.1) is 0 Å². The molecule has 0 rings (SSSR count). The van der Waals surface area contributed by atoms with Crippen LogP contribution in [0.15, 0.2) is 0 Å². The molecule has 0 fully saturated rings. The second-order valence-electron chi connectivity index (χ2n) is 2.72. The van der Waals surface area contributed by atoms with Crippen molar-refractivity contribution >= 4 is 23.3 Å². The van der Waals surface area contributed by atoms with Gasteiger partial charge in [0.15, 0.2) is 17.3 Å². The van der Waals surface area contributed by atoms with Gasteiger partial charge in [-0.1, -0.05) is 0 Å². The summed E-state index contributed by atoms with van der Waals surface area (Å²) in [6.07, 6.45) is 0. The molecule has 0 aromatic rings. The molecule has 0 heterocycles. The molecule has 0 atom stereocenters. The number of Topliss-reactive ketones (excluding diaryl/α,β-unsaturated/α-hetero) is 3. The number of rotatable bonds is 4. The third-order valence-corrected chi connectivity index (χ3v) is 1.91. The molecule has 0 aliphatic carbocycles. The Kier molecular flexibility index (Phi) is 6.56. The van der Waals surface area contributed by atoms with Crippen LogP contribution in [0.25, 0.3) is 0 Å². The number of carboxylic acid groups (broad SMARTS) is 1. The largest absolute Gasteiger partial charge is 0.480 e. The number of hydrogen-bond acceptors (Lipinski definition) is 4. The van der Waals surface area contributed by atoms with Crippen LogP contribution in [0.5, 0.6) is 0 Å². The first-order valence-electron chi connectivity index (χ1n) is 3.54. The third kappa shape index (κ3) is 2.44. The molecule has 0 aliphatic heterocycles. The van der Waals surface area contributed by atoms with Crippen LogP contribution < -0.4 is 0 Å². The maximum Gasteiger partial charge on any atom is 0.332 e. The van der Waals surface area contributed by atoms with Crippen molar-refractivity contribution in [3.63, 3.8) is 0 Å². The number of carbonyl (C=O) groups excluding carboxylic acids is 3. The minimum Gasteiger partial charge on any atom is -0.480 e. The van der Waals surface area contributed by atoms with Gasteiger partial charge in [-0.2, -0.15) is 0 Å². The molecule has 1 N–H and O–H groups in total. The van der Waals surface area contributed by atoms with Crippen molar-refractivity contribution < 1.29 is 65.1 Å². The summed E-state index contributed by atoms with van der Waals surface area (Å²) in [5.41, 5.74) is -2.50. The standard InChI is InChI=1S/C8H10O5.Nd/c1-4(9)8(5(2)10,6(3)11)7(12)13;/h1-3H3,(H,12,13);. The van der Waals surface area contributed by atoms with Crippen LogP contribution in [-0.4, -0.2) is 28.4 Å². The van der Waals surface area contributed by atoms with Crippen LogP contribution in [0.1, 0.15) is 20.8 Å². The number of carbonyl (C=O) groups is 4. The van der Waals surface area contributed by atoms with E-state index in [1.807, 2.05) is 0 Å². The van der Waals surface area contributed by atoms with Crippen molar-refractivity contribution in [3.05, 3.63) is 0 Å². The van der Waals surface area contributed by atoms with Crippen molar-refractivity contribution in [1.29, 1.82) is 0 Å². The molecule has 0 saturated carbocycles. The van der Waals surface area contributed by atoms with Gasteiger partial charge in [0.1, 0.15) is 0 Å². The Morgan fingerprint density at radius 3 is 1.07 bits per heavy atom. The summed E-state index contributed by atoms with van der Waals surface area (Å²) in [5.74, 6) is -4.58. The van der Waals surface area contributed by atoms with Crippen LogP contribution in [0.4, 0.5) is 0 Å². The van der Waals surface area contributed by atoms with Gasteiger partial charge >= 0.3 is 5.97 Å². The van der Waals surface area contributed by atoms with Crippen molar-refractivity contribution in [3.8, 4) is 0 Å². The van der Waals surface area contributed by atoms with E-state index in [0.717, 1.165) is 20.8 Å². The second kappa shape index (κ2) is 5.65. The molecule has 0 aromatic carbocycles. The molecule has 0 spiro atoms. The summed E-state index contributed by atoms with van der Waals surface area (Å²) in [6, 6.07) is 0. The zero-order valence-corrected chi connectivity index (χ0v) is 11.3. The van der Waals surface area contributed by atoms with Gasteiger partial charge in [-0.25, -0.2) is 0 Å². The molecule has 14 heavy (non-hydrogen) atoms. The third-order valence-electron chi connectivity index (χ3n) is 1.91. The zero-order valence-electron chi connectivity index (χ0n) is 8.08. The molecular formula is C8H10NdO5. The second-order valence-corrected chi connectivity index (χ2v) is 2.72. The predicted molar refractivity (Wildman–Crippen MR) is 42.1 cm³/mol. The van der Waals surface area contributed by atoms with Crippen LogP contribution in [0.2, 0.25) is 0 Å². The minimum atomic E-state index is -2.50. The fourth-order valence-corrected chi connectivity index (χ4v) is 1.20. The summed E-state index contributed by atoms with van der Waals surface area (Å²) < 4.78 is 0. The molecule has 0 saturated heterocycles. The van der Waals surface area contributed by atoms with Gasteiger partial charge in [0, 0.05) is 40.8 Å². The first kappa shape index (κ1) is 16.3. The van der Waals surface area contributed by atoms with Gasteiger partial charge in [0.25, 0.3) is 0 Å². The van der Waals surface area contributed by atoms with E-state index in [2.05, 4.69) is 0 Å². The molecule has 0 amide bonds. The minimum absolute atomic E-state index is 0. The van der Waals surface area contributed by atoms with E-state index in [0.29, 0.717) is 0 Å². The van der Waals surface area contributed by atoms with Gasteiger partial charge in [0.2, 0.25) is 5.41 Å². The van der Waals surface area contributed by atoms with E-state index in [4.69, 9.17) is 5.11 Å². The van der Waals surface area contributed by atoms with Crippen molar-refractivity contribution in [2.75, 3.05) is 0 Å². The monoisotopic (exact) mass is 328 g/mol. The van der Waals surface area contributed by atoms with E-state index in [1.54, 1.807) is 0 Å². The molecule has 5 nitrogen and oxygen atoms in total. The van der Waals surface area contributed by atoms with Crippen molar-refractivity contribution in [2.24, 2.45) is 5.41 Å². The number of hydrogen-bond donors (Lipinski definition) is 1.